The van der Waals surface area contributed by atoms with Crippen LogP contribution in [-0.4, -0.2) is 47.4 Å². The number of hydrogen-bond acceptors (Lipinski definition) is 3. The summed E-state index contributed by atoms with van der Waals surface area (Å²) in [6, 6.07) is -0.435. The molecule has 0 aromatic carbocycles. The number of carboxylic acid groups (broad SMARTS) is 1. The van der Waals surface area contributed by atoms with E-state index in [1.807, 2.05) is 0 Å². The number of aliphatic carboxylic acids is 1. The molecule has 0 saturated carbocycles. The van der Waals surface area contributed by atoms with E-state index in [1.165, 1.54) is 0 Å². The average Bonchev–Trinajstić information content (AvgIpc) is 2.12. The number of nitrogens with zero attached hydrogens (tertiary/aromatic N) is 1. The number of hydrogen-bond donors (Lipinski definition) is 1. The lowest BCUT2D eigenvalue weighted by atomic mass is 10.3. The molecule has 0 atom stereocenters. The molecule has 0 radical (unpaired) electrons. The summed E-state index contributed by atoms with van der Waals surface area (Å²) in [5.41, 5.74) is 0. The molecule has 0 aliphatic carbocycles. The van der Waals surface area contributed by atoms with Crippen molar-refractivity contribution < 1.29 is 32.6 Å². The first-order valence-corrected chi connectivity index (χ1v) is 4.85. The van der Waals surface area contributed by atoms with Gasteiger partial charge in [-0.15, -0.1) is 0 Å². The third-order valence-electron chi connectivity index (χ3n) is 1.78. The standard InChI is InChI=1S/C9H14F3NO4/c1-6(2)13(4-3-7(14)15)8(16)17-5-9(10,11)12/h6H,3-5H2,1-2H3,(H,14,15). The van der Waals surface area contributed by atoms with E-state index in [2.05, 4.69) is 4.74 Å². The third kappa shape index (κ3) is 7.42. The predicted octanol–water partition coefficient (Wildman–Crippen LogP) is 1.87. The second-order valence-electron chi connectivity index (χ2n) is 3.60. The summed E-state index contributed by atoms with van der Waals surface area (Å²) in [6.45, 7) is 1.24. The lowest BCUT2D eigenvalue weighted by molar-refractivity contribution is -0.163. The van der Waals surface area contributed by atoms with E-state index < -0.39 is 30.9 Å². The first-order valence-electron chi connectivity index (χ1n) is 4.85. The summed E-state index contributed by atoms with van der Waals surface area (Å²) in [4.78, 5) is 22.5. The molecule has 0 aromatic heterocycles. The number of carbonyl (C=O) groups is 2. The SMILES string of the molecule is CC(C)N(CCC(=O)O)C(=O)OCC(F)(F)F. The molecule has 100 valence electrons. The van der Waals surface area contributed by atoms with Gasteiger partial charge in [-0.1, -0.05) is 0 Å². The molecule has 17 heavy (non-hydrogen) atoms. The van der Waals surface area contributed by atoms with Gasteiger partial charge >= 0.3 is 18.2 Å². The smallest absolute Gasteiger partial charge is 0.422 e. The lowest BCUT2D eigenvalue weighted by Crippen LogP contribution is -2.40. The van der Waals surface area contributed by atoms with Crippen molar-refractivity contribution >= 4 is 12.1 Å². The number of carboxylic acids is 1. The molecule has 0 rings (SSSR count). The summed E-state index contributed by atoms with van der Waals surface area (Å²) in [6.07, 6.45) is -6.11. The molecule has 1 amide bonds. The minimum absolute atomic E-state index is 0.191. The summed E-state index contributed by atoms with van der Waals surface area (Å²) in [5, 5.41) is 8.43. The van der Waals surface area contributed by atoms with Gasteiger partial charge in [-0.05, 0) is 13.8 Å². The summed E-state index contributed by atoms with van der Waals surface area (Å²) >= 11 is 0. The fraction of sp³-hybridized carbons (Fsp3) is 0.778. The molecule has 1 N–H and O–H groups in total. The normalized spacial score (nSPS) is 11.4. The molecule has 0 aliphatic rings. The quantitative estimate of drug-likeness (QED) is 0.816. The van der Waals surface area contributed by atoms with Crippen LogP contribution >= 0.6 is 0 Å². The Morgan fingerprint density at radius 3 is 2.24 bits per heavy atom. The number of rotatable bonds is 5. The Kier molecular flexibility index (Phi) is 5.77. The zero-order valence-electron chi connectivity index (χ0n) is 9.45. The molecule has 5 nitrogen and oxygen atoms in total. The van der Waals surface area contributed by atoms with Crippen molar-refractivity contribution in [2.45, 2.75) is 32.5 Å². The van der Waals surface area contributed by atoms with Crippen molar-refractivity contribution in [3.63, 3.8) is 0 Å². The fourth-order valence-corrected chi connectivity index (χ4v) is 1.00. The van der Waals surface area contributed by atoms with Crippen LogP contribution in [0.25, 0.3) is 0 Å². The van der Waals surface area contributed by atoms with E-state index in [0.29, 0.717) is 0 Å². The van der Waals surface area contributed by atoms with Crippen LogP contribution < -0.4 is 0 Å². The molecular formula is C9H14F3NO4. The van der Waals surface area contributed by atoms with E-state index >= 15 is 0 Å². The number of halogens is 3. The Bertz CT molecular complexity index is 278. The maximum absolute atomic E-state index is 11.8. The molecule has 8 heteroatoms. The van der Waals surface area contributed by atoms with Gasteiger partial charge in [0.05, 0.1) is 6.42 Å². The number of carbonyl (C=O) groups excluding carboxylic acids is 1. The number of amides is 1. The van der Waals surface area contributed by atoms with Gasteiger partial charge in [0.2, 0.25) is 0 Å². The molecule has 0 saturated heterocycles. The van der Waals surface area contributed by atoms with E-state index in [1.54, 1.807) is 13.8 Å². The maximum atomic E-state index is 11.8. The Morgan fingerprint density at radius 1 is 1.35 bits per heavy atom. The number of alkyl halides is 3. The monoisotopic (exact) mass is 257 g/mol. The largest absolute Gasteiger partial charge is 0.481 e. The minimum Gasteiger partial charge on any atom is -0.481 e. The molecular weight excluding hydrogens is 243 g/mol. The minimum atomic E-state index is -4.59. The van der Waals surface area contributed by atoms with E-state index in [0.717, 1.165) is 4.90 Å². The number of ether oxygens (including phenoxy) is 1. The lowest BCUT2D eigenvalue weighted by Gasteiger charge is -2.25. The Balaban J connectivity index is 4.30. The second-order valence-corrected chi connectivity index (χ2v) is 3.60. The Morgan fingerprint density at radius 2 is 1.88 bits per heavy atom. The highest BCUT2D eigenvalue weighted by molar-refractivity contribution is 5.70. The zero-order chi connectivity index (χ0) is 13.6. The summed E-state index contributed by atoms with van der Waals surface area (Å²) in [5.74, 6) is -1.14. The van der Waals surface area contributed by atoms with Crippen molar-refractivity contribution in [3.05, 3.63) is 0 Å². The van der Waals surface area contributed by atoms with Crippen LogP contribution in [0.1, 0.15) is 20.3 Å². The van der Waals surface area contributed by atoms with Crippen molar-refractivity contribution in [2.24, 2.45) is 0 Å². The van der Waals surface area contributed by atoms with Gasteiger partial charge in [0.15, 0.2) is 6.61 Å². The molecule has 0 fully saturated rings. The highest BCUT2D eigenvalue weighted by Crippen LogP contribution is 2.15. The van der Waals surface area contributed by atoms with Gasteiger partial charge in [-0.3, -0.25) is 4.79 Å². The van der Waals surface area contributed by atoms with Crippen LogP contribution in [0.15, 0.2) is 0 Å². The molecule has 0 spiro atoms. The van der Waals surface area contributed by atoms with Crippen molar-refractivity contribution in [2.75, 3.05) is 13.2 Å². The zero-order valence-corrected chi connectivity index (χ0v) is 9.45. The fourth-order valence-electron chi connectivity index (χ4n) is 1.00. The van der Waals surface area contributed by atoms with Crippen LogP contribution in [0.5, 0.6) is 0 Å². The Labute approximate surface area is 96.1 Å². The van der Waals surface area contributed by atoms with Gasteiger partial charge < -0.3 is 14.7 Å². The maximum Gasteiger partial charge on any atom is 0.422 e. The van der Waals surface area contributed by atoms with Gasteiger partial charge in [0.25, 0.3) is 0 Å². The topological polar surface area (TPSA) is 66.8 Å². The van der Waals surface area contributed by atoms with Gasteiger partial charge in [-0.2, -0.15) is 13.2 Å². The Hall–Kier alpha value is -1.47. The molecule has 0 heterocycles. The van der Waals surface area contributed by atoms with Crippen LogP contribution in [0.2, 0.25) is 0 Å². The van der Waals surface area contributed by atoms with E-state index in [-0.39, 0.29) is 13.0 Å². The highest BCUT2D eigenvalue weighted by atomic mass is 19.4. The summed E-state index contributed by atoms with van der Waals surface area (Å²) in [7, 11) is 0. The van der Waals surface area contributed by atoms with E-state index in [9.17, 15) is 22.8 Å². The van der Waals surface area contributed by atoms with Crippen LogP contribution in [0, 0.1) is 0 Å². The van der Waals surface area contributed by atoms with E-state index in [4.69, 9.17) is 5.11 Å². The first kappa shape index (κ1) is 15.5. The van der Waals surface area contributed by atoms with Crippen molar-refractivity contribution in [1.82, 2.24) is 4.90 Å². The predicted molar refractivity (Wildman–Crippen MR) is 51.5 cm³/mol. The van der Waals surface area contributed by atoms with Crippen molar-refractivity contribution in [3.8, 4) is 0 Å². The third-order valence-corrected chi connectivity index (χ3v) is 1.78. The van der Waals surface area contributed by atoms with Gasteiger partial charge in [0, 0.05) is 12.6 Å². The summed E-state index contributed by atoms with van der Waals surface area (Å²) < 4.78 is 39.4. The van der Waals surface area contributed by atoms with Crippen molar-refractivity contribution in [1.29, 1.82) is 0 Å². The van der Waals surface area contributed by atoms with Crippen LogP contribution in [0.3, 0.4) is 0 Å². The second kappa shape index (κ2) is 6.31. The van der Waals surface area contributed by atoms with Gasteiger partial charge in [0.1, 0.15) is 0 Å². The first-order chi connectivity index (χ1) is 7.63. The molecule has 0 bridgehead atoms. The highest BCUT2D eigenvalue weighted by Gasteiger charge is 2.31. The molecule has 0 unspecified atom stereocenters. The molecule has 0 aromatic rings. The molecule has 0 aliphatic heterocycles. The van der Waals surface area contributed by atoms with Crippen LogP contribution in [-0.2, 0) is 9.53 Å². The van der Waals surface area contributed by atoms with Crippen LogP contribution in [0.4, 0.5) is 18.0 Å². The average molecular weight is 257 g/mol. The van der Waals surface area contributed by atoms with Gasteiger partial charge in [-0.25, -0.2) is 4.79 Å².